The van der Waals surface area contributed by atoms with Gasteiger partial charge in [0.25, 0.3) is 0 Å². The SMILES string of the molecule is C/C(C#N)=C1\Nc2c(c(-c3ccc(C(F)(F)F)cc3)c3c(c2-c2ccc(C(F)(F)F)cc2)OC(=C(C#N)C#N)N3)O1. The molecule has 3 aromatic carbocycles. The van der Waals surface area contributed by atoms with Crippen molar-refractivity contribution < 1.29 is 35.8 Å². The maximum atomic E-state index is 13.3. The highest BCUT2D eigenvalue weighted by Gasteiger charge is 2.39. The van der Waals surface area contributed by atoms with Crippen LogP contribution in [-0.2, 0) is 12.4 Å². The Kier molecular flexibility index (Phi) is 6.28. The minimum atomic E-state index is -4.61. The van der Waals surface area contributed by atoms with Gasteiger partial charge in [0, 0.05) is 0 Å². The molecule has 0 atom stereocenters. The average molecular weight is 565 g/mol. The Morgan fingerprint density at radius 3 is 1.39 bits per heavy atom. The number of nitrogens with zero attached hydrogens (tertiary/aromatic N) is 3. The van der Waals surface area contributed by atoms with E-state index in [0.717, 1.165) is 24.3 Å². The highest BCUT2D eigenvalue weighted by atomic mass is 19.4. The van der Waals surface area contributed by atoms with Crippen molar-refractivity contribution in [3.63, 3.8) is 0 Å². The topological polar surface area (TPSA) is 114 Å². The van der Waals surface area contributed by atoms with Crippen LogP contribution in [0.25, 0.3) is 22.3 Å². The fourth-order valence-electron chi connectivity index (χ4n) is 4.29. The zero-order valence-corrected chi connectivity index (χ0v) is 20.5. The van der Waals surface area contributed by atoms with Crippen molar-refractivity contribution in [2.75, 3.05) is 10.6 Å². The van der Waals surface area contributed by atoms with Crippen LogP contribution in [-0.4, -0.2) is 0 Å². The number of benzene rings is 3. The second-order valence-electron chi connectivity index (χ2n) is 8.76. The standard InChI is InChI=1S/C28H13F6N5O2/c1-13(10-35)25-38-21-19(14-2-6-17(7-3-14)27(29,30)31)24-22(39-26(41-24)16(11-36)12-37)20(23(21)40-25)15-4-8-18(9-5-15)28(32,33)34/h2-9,38-39H,1H3/b25-13-. The van der Waals surface area contributed by atoms with Gasteiger partial charge in [0.15, 0.2) is 17.1 Å². The second-order valence-corrected chi connectivity index (χ2v) is 8.76. The van der Waals surface area contributed by atoms with Crippen molar-refractivity contribution in [3.8, 4) is 52.0 Å². The van der Waals surface area contributed by atoms with Gasteiger partial charge in [-0.15, -0.1) is 0 Å². The lowest BCUT2D eigenvalue weighted by molar-refractivity contribution is -0.138. The van der Waals surface area contributed by atoms with E-state index in [0.29, 0.717) is 0 Å². The molecule has 41 heavy (non-hydrogen) atoms. The monoisotopic (exact) mass is 565 g/mol. The molecule has 0 fully saturated rings. The maximum absolute atomic E-state index is 13.3. The highest BCUT2D eigenvalue weighted by Crippen LogP contribution is 2.60. The average Bonchev–Trinajstić information content (AvgIpc) is 3.56. The molecule has 0 saturated heterocycles. The number of nitriles is 3. The molecule has 0 unspecified atom stereocenters. The van der Waals surface area contributed by atoms with Crippen LogP contribution in [0.2, 0.25) is 0 Å². The van der Waals surface area contributed by atoms with E-state index >= 15 is 0 Å². The Balaban J connectivity index is 1.83. The van der Waals surface area contributed by atoms with Crippen molar-refractivity contribution in [3.05, 3.63) is 82.6 Å². The predicted molar refractivity (Wildman–Crippen MR) is 132 cm³/mol. The van der Waals surface area contributed by atoms with Gasteiger partial charge in [0.2, 0.25) is 11.8 Å². The van der Waals surface area contributed by atoms with Crippen molar-refractivity contribution in [2.45, 2.75) is 19.3 Å². The van der Waals surface area contributed by atoms with Crippen LogP contribution < -0.4 is 20.1 Å². The summed E-state index contributed by atoms with van der Waals surface area (Å²) >= 11 is 0. The molecule has 0 radical (unpaired) electrons. The van der Waals surface area contributed by atoms with E-state index in [1.807, 2.05) is 6.07 Å². The third-order valence-corrected chi connectivity index (χ3v) is 6.25. The van der Waals surface area contributed by atoms with E-state index in [1.54, 1.807) is 12.1 Å². The molecule has 0 saturated carbocycles. The second kappa shape index (κ2) is 9.54. The molecule has 7 nitrogen and oxygen atoms in total. The van der Waals surface area contributed by atoms with Crippen molar-refractivity contribution in [1.82, 2.24) is 0 Å². The zero-order valence-electron chi connectivity index (χ0n) is 20.5. The Labute approximate surface area is 227 Å². The highest BCUT2D eigenvalue weighted by molar-refractivity contribution is 6.05. The molecule has 204 valence electrons. The summed E-state index contributed by atoms with van der Waals surface area (Å²) < 4.78 is 91.4. The van der Waals surface area contributed by atoms with Gasteiger partial charge in [-0.2, -0.15) is 42.1 Å². The van der Waals surface area contributed by atoms with Crippen LogP contribution in [0.4, 0.5) is 37.7 Å². The molecule has 2 aliphatic heterocycles. The lowest BCUT2D eigenvalue weighted by atomic mass is 9.93. The summed E-state index contributed by atoms with van der Waals surface area (Å²) in [6.07, 6.45) is -9.23. The number of alkyl halides is 6. The molecule has 13 heteroatoms. The van der Waals surface area contributed by atoms with Crippen molar-refractivity contribution in [2.24, 2.45) is 0 Å². The summed E-state index contributed by atoms with van der Waals surface area (Å²) in [6, 6.07) is 13.4. The first kappa shape index (κ1) is 27.0. The first-order valence-corrected chi connectivity index (χ1v) is 11.5. The third-order valence-electron chi connectivity index (χ3n) is 6.25. The number of fused-ring (bicyclic) bond motifs is 2. The van der Waals surface area contributed by atoms with E-state index < -0.39 is 29.1 Å². The number of ether oxygens (including phenoxy) is 2. The number of nitrogens with one attached hydrogen (secondary N) is 2. The van der Waals surface area contributed by atoms with Gasteiger partial charge in [-0.1, -0.05) is 24.3 Å². The zero-order chi connectivity index (χ0) is 29.7. The van der Waals surface area contributed by atoms with Crippen LogP contribution >= 0.6 is 0 Å². The fraction of sp³-hybridized carbons (Fsp3) is 0.107. The maximum Gasteiger partial charge on any atom is 0.416 e. The first-order valence-electron chi connectivity index (χ1n) is 11.5. The summed E-state index contributed by atoms with van der Waals surface area (Å²) in [4.78, 5) is 0. The lowest BCUT2D eigenvalue weighted by Gasteiger charge is -2.17. The van der Waals surface area contributed by atoms with E-state index in [1.165, 1.54) is 31.2 Å². The van der Waals surface area contributed by atoms with Gasteiger partial charge in [-0.05, 0) is 42.3 Å². The summed E-state index contributed by atoms with van der Waals surface area (Å²) in [7, 11) is 0. The normalized spacial score (nSPS) is 14.7. The quantitative estimate of drug-likeness (QED) is 0.242. The van der Waals surface area contributed by atoms with Gasteiger partial charge in [-0.25, -0.2) is 0 Å². The molecule has 0 bridgehead atoms. The summed E-state index contributed by atoms with van der Waals surface area (Å²) in [5.74, 6) is -0.323. The minimum Gasteiger partial charge on any atom is -0.437 e. The van der Waals surface area contributed by atoms with Crippen molar-refractivity contribution in [1.29, 1.82) is 15.8 Å². The van der Waals surface area contributed by atoms with Gasteiger partial charge >= 0.3 is 12.4 Å². The number of hydrogen-bond acceptors (Lipinski definition) is 7. The Morgan fingerprint density at radius 1 is 0.634 bits per heavy atom. The fourth-order valence-corrected chi connectivity index (χ4v) is 4.29. The molecule has 5 rings (SSSR count). The number of hydrogen-bond donors (Lipinski definition) is 2. The molecule has 2 heterocycles. The summed E-state index contributed by atoms with van der Waals surface area (Å²) in [5.41, 5.74) is -1.28. The Bertz CT molecular complexity index is 1670. The van der Waals surface area contributed by atoms with Crippen LogP contribution in [0.5, 0.6) is 11.5 Å². The van der Waals surface area contributed by atoms with E-state index in [2.05, 4.69) is 10.6 Å². The molecule has 2 aliphatic rings. The summed E-state index contributed by atoms with van der Waals surface area (Å²) in [6.45, 7) is 1.44. The molecule has 0 aliphatic carbocycles. The third kappa shape index (κ3) is 4.62. The van der Waals surface area contributed by atoms with Crippen LogP contribution in [0.1, 0.15) is 18.1 Å². The van der Waals surface area contributed by atoms with E-state index in [4.69, 9.17) is 9.47 Å². The van der Waals surface area contributed by atoms with Gasteiger partial charge in [0.1, 0.15) is 12.1 Å². The number of allylic oxidation sites excluding steroid dienone is 2. The number of rotatable bonds is 2. The Hall–Kier alpha value is -5.61. The molecule has 2 N–H and O–H groups in total. The molecule has 0 amide bonds. The van der Waals surface area contributed by atoms with E-state index in [9.17, 15) is 42.1 Å². The largest absolute Gasteiger partial charge is 0.437 e. The minimum absolute atomic E-state index is 0.0157. The summed E-state index contributed by atoms with van der Waals surface area (Å²) in [5, 5.41) is 34.0. The smallest absolute Gasteiger partial charge is 0.416 e. The van der Waals surface area contributed by atoms with Gasteiger partial charge in [0.05, 0.1) is 45.3 Å². The Morgan fingerprint density at radius 2 is 1.02 bits per heavy atom. The molecule has 0 aromatic heterocycles. The lowest BCUT2D eigenvalue weighted by Crippen LogP contribution is -2.04. The first-order chi connectivity index (χ1) is 19.4. The molecular weight excluding hydrogens is 552 g/mol. The molecular formula is C28H13F6N5O2. The van der Waals surface area contributed by atoms with Crippen molar-refractivity contribution >= 4 is 11.4 Å². The number of anilines is 2. The molecule has 3 aromatic rings. The van der Waals surface area contributed by atoms with Gasteiger partial charge < -0.3 is 20.1 Å². The molecule has 0 spiro atoms. The van der Waals surface area contributed by atoms with Crippen LogP contribution in [0, 0.1) is 34.0 Å². The van der Waals surface area contributed by atoms with E-state index in [-0.39, 0.29) is 62.5 Å². The predicted octanol–water partition coefficient (Wildman–Crippen LogP) is 7.68. The number of halogens is 6. The van der Waals surface area contributed by atoms with Crippen LogP contribution in [0.3, 0.4) is 0 Å². The van der Waals surface area contributed by atoms with Crippen LogP contribution in [0.15, 0.2) is 71.4 Å². The van der Waals surface area contributed by atoms with Gasteiger partial charge in [-0.3, -0.25) is 0 Å².